The summed E-state index contributed by atoms with van der Waals surface area (Å²) in [4.78, 5) is 23.2. The first-order valence-corrected chi connectivity index (χ1v) is 5.91. The van der Waals surface area contributed by atoms with Gasteiger partial charge in [0.1, 0.15) is 5.82 Å². The molecule has 7 heteroatoms. The Kier molecular flexibility index (Phi) is 3.73. The number of hydrogen-bond acceptors (Lipinski definition) is 3. The van der Waals surface area contributed by atoms with Crippen LogP contribution in [-0.2, 0) is 9.53 Å². The lowest BCUT2D eigenvalue weighted by molar-refractivity contribution is -0.144. The molecule has 1 aromatic rings. The van der Waals surface area contributed by atoms with Crippen molar-refractivity contribution in [1.82, 2.24) is 5.32 Å². The Balaban J connectivity index is 2.22. The Hall–Kier alpha value is -1.66. The second-order valence-electron chi connectivity index (χ2n) is 4.27. The maximum absolute atomic E-state index is 12.9. The van der Waals surface area contributed by atoms with Crippen molar-refractivity contribution in [1.29, 1.82) is 0 Å². The molecule has 0 radical (unpaired) electrons. The van der Waals surface area contributed by atoms with Gasteiger partial charge in [0, 0.05) is 13.0 Å². The molecule has 1 fully saturated rings. The molecule has 1 atom stereocenters. The molecular formula is C12H11ClFNO4. The molecule has 1 heterocycles. The first kappa shape index (κ1) is 13.8. The summed E-state index contributed by atoms with van der Waals surface area (Å²) in [5.74, 6) is -2.41. The summed E-state index contributed by atoms with van der Waals surface area (Å²) in [7, 11) is 0. The molecule has 1 amide bonds. The summed E-state index contributed by atoms with van der Waals surface area (Å²) >= 11 is 5.76. The summed E-state index contributed by atoms with van der Waals surface area (Å²) in [5, 5.41) is 11.5. The van der Waals surface area contributed by atoms with Gasteiger partial charge in [-0.2, -0.15) is 0 Å². The average Bonchev–Trinajstić information content (AvgIpc) is 2.78. The predicted octanol–water partition coefficient (Wildman–Crippen LogP) is 1.45. The zero-order valence-corrected chi connectivity index (χ0v) is 10.5. The van der Waals surface area contributed by atoms with Crippen LogP contribution in [-0.4, -0.2) is 35.7 Å². The molecule has 0 spiro atoms. The summed E-state index contributed by atoms with van der Waals surface area (Å²) in [6.07, 6.45) is 0.173. The maximum atomic E-state index is 12.9. The summed E-state index contributed by atoms with van der Waals surface area (Å²) in [6.45, 7) is 0.149. The van der Waals surface area contributed by atoms with E-state index in [4.69, 9.17) is 16.3 Å². The zero-order chi connectivity index (χ0) is 14.0. The summed E-state index contributed by atoms with van der Waals surface area (Å²) < 4.78 is 17.9. The molecule has 0 saturated carbocycles. The van der Waals surface area contributed by atoms with Gasteiger partial charge in [-0.05, 0) is 18.2 Å². The Labute approximate surface area is 113 Å². The van der Waals surface area contributed by atoms with Crippen molar-refractivity contribution in [3.8, 4) is 0 Å². The van der Waals surface area contributed by atoms with Crippen molar-refractivity contribution in [2.24, 2.45) is 0 Å². The highest BCUT2D eigenvalue weighted by Gasteiger charge is 2.44. The second-order valence-corrected chi connectivity index (χ2v) is 4.68. The maximum Gasteiger partial charge on any atom is 0.331 e. The molecule has 0 bridgehead atoms. The fourth-order valence-electron chi connectivity index (χ4n) is 1.84. The van der Waals surface area contributed by atoms with Crippen LogP contribution in [0.2, 0.25) is 5.02 Å². The first-order valence-electron chi connectivity index (χ1n) is 5.53. The Morgan fingerprint density at radius 1 is 1.47 bits per heavy atom. The molecule has 1 unspecified atom stereocenters. The number of carboxylic acids is 1. The molecular weight excluding hydrogens is 277 g/mol. The van der Waals surface area contributed by atoms with E-state index in [1.54, 1.807) is 0 Å². The minimum atomic E-state index is -1.45. The minimum Gasteiger partial charge on any atom is -0.479 e. The Morgan fingerprint density at radius 2 is 2.21 bits per heavy atom. The molecule has 2 rings (SSSR count). The lowest BCUT2D eigenvalue weighted by Gasteiger charge is -2.23. The van der Waals surface area contributed by atoms with Gasteiger partial charge in [0.05, 0.1) is 17.2 Å². The standard InChI is InChI=1S/C12H11ClFNO4/c13-9-5-7(14)1-2-8(9)10(16)15-12(11(17)18)3-4-19-6-12/h1-2,5H,3-4,6H2,(H,15,16)(H,17,18). The SMILES string of the molecule is O=C(NC1(C(=O)O)CCOC1)c1ccc(F)cc1Cl. The third kappa shape index (κ3) is 2.69. The van der Waals surface area contributed by atoms with E-state index in [0.717, 1.165) is 12.1 Å². The number of hydrogen-bond donors (Lipinski definition) is 2. The van der Waals surface area contributed by atoms with Crippen molar-refractivity contribution in [2.75, 3.05) is 13.2 Å². The van der Waals surface area contributed by atoms with Crippen LogP contribution in [0.25, 0.3) is 0 Å². The number of amides is 1. The monoisotopic (exact) mass is 287 g/mol. The van der Waals surface area contributed by atoms with Crippen LogP contribution >= 0.6 is 11.6 Å². The Morgan fingerprint density at radius 3 is 2.74 bits per heavy atom. The van der Waals surface area contributed by atoms with Gasteiger partial charge < -0.3 is 15.2 Å². The van der Waals surface area contributed by atoms with E-state index in [2.05, 4.69) is 5.32 Å². The van der Waals surface area contributed by atoms with Crippen LogP contribution in [0.15, 0.2) is 18.2 Å². The van der Waals surface area contributed by atoms with Gasteiger partial charge >= 0.3 is 5.97 Å². The fourth-order valence-corrected chi connectivity index (χ4v) is 2.10. The van der Waals surface area contributed by atoms with Gasteiger partial charge in [-0.15, -0.1) is 0 Å². The number of carboxylic acid groups (broad SMARTS) is 1. The van der Waals surface area contributed by atoms with Crippen molar-refractivity contribution in [3.05, 3.63) is 34.6 Å². The van der Waals surface area contributed by atoms with E-state index < -0.39 is 23.2 Å². The van der Waals surface area contributed by atoms with E-state index in [1.807, 2.05) is 0 Å². The highest BCUT2D eigenvalue weighted by Crippen LogP contribution is 2.22. The van der Waals surface area contributed by atoms with E-state index in [0.29, 0.717) is 0 Å². The fraction of sp³-hybridized carbons (Fsp3) is 0.333. The normalized spacial score (nSPS) is 22.2. The van der Waals surface area contributed by atoms with Gasteiger partial charge in [0.15, 0.2) is 5.54 Å². The van der Waals surface area contributed by atoms with Crippen molar-refractivity contribution < 1.29 is 23.8 Å². The van der Waals surface area contributed by atoms with E-state index in [9.17, 15) is 19.1 Å². The van der Waals surface area contributed by atoms with Gasteiger partial charge in [-0.3, -0.25) is 4.79 Å². The number of ether oxygens (including phenoxy) is 1. The van der Waals surface area contributed by atoms with Crippen molar-refractivity contribution in [2.45, 2.75) is 12.0 Å². The third-order valence-corrected chi connectivity index (χ3v) is 3.27. The number of benzene rings is 1. The Bertz CT molecular complexity index is 528. The van der Waals surface area contributed by atoms with Crippen LogP contribution < -0.4 is 5.32 Å². The topological polar surface area (TPSA) is 75.6 Å². The quantitative estimate of drug-likeness (QED) is 0.882. The summed E-state index contributed by atoms with van der Waals surface area (Å²) in [6, 6.07) is 3.28. The van der Waals surface area contributed by atoms with Gasteiger partial charge in [-0.25, -0.2) is 9.18 Å². The molecule has 19 heavy (non-hydrogen) atoms. The largest absolute Gasteiger partial charge is 0.479 e. The zero-order valence-electron chi connectivity index (χ0n) is 9.78. The molecule has 5 nitrogen and oxygen atoms in total. The second kappa shape index (κ2) is 5.14. The molecule has 1 aromatic carbocycles. The molecule has 102 valence electrons. The van der Waals surface area contributed by atoms with Gasteiger partial charge in [0.2, 0.25) is 0 Å². The lowest BCUT2D eigenvalue weighted by atomic mass is 9.98. The van der Waals surface area contributed by atoms with E-state index >= 15 is 0 Å². The number of nitrogens with one attached hydrogen (secondary N) is 1. The third-order valence-electron chi connectivity index (χ3n) is 2.96. The van der Waals surface area contributed by atoms with Gasteiger partial charge in [0.25, 0.3) is 5.91 Å². The van der Waals surface area contributed by atoms with Crippen LogP contribution in [0.4, 0.5) is 4.39 Å². The number of rotatable bonds is 3. The number of carbonyl (C=O) groups excluding carboxylic acids is 1. The lowest BCUT2D eigenvalue weighted by Crippen LogP contribution is -2.55. The van der Waals surface area contributed by atoms with Crippen LogP contribution in [0, 0.1) is 5.82 Å². The molecule has 0 aromatic heterocycles. The molecule has 0 aliphatic carbocycles. The number of halogens is 2. The molecule has 1 aliphatic rings. The van der Waals surface area contributed by atoms with Crippen molar-refractivity contribution >= 4 is 23.5 Å². The highest BCUT2D eigenvalue weighted by atomic mass is 35.5. The molecule has 1 aliphatic heterocycles. The first-order chi connectivity index (χ1) is 8.94. The average molecular weight is 288 g/mol. The van der Waals surface area contributed by atoms with E-state index in [-0.39, 0.29) is 30.2 Å². The van der Waals surface area contributed by atoms with Crippen LogP contribution in [0.1, 0.15) is 16.8 Å². The molecule has 1 saturated heterocycles. The number of aliphatic carboxylic acids is 1. The van der Waals surface area contributed by atoms with Crippen LogP contribution in [0.5, 0.6) is 0 Å². The smallest absolute Gasteiger partial charge is 0.331 e. The van der Waals surface area contributed by atoms with Crippen LogP contribution in [0.3, 0.4) is 0 Å². The molecule has 2 N–H and O–H groups in total. The van der Waals surface area contributed by atoms with E-state index in [1.165, 1.54) is 6.07 Å². The summed E-state index contributed by atoms with van der Waals surface area (Å²) in [5.41, 5.74) is -1.43. The number of carbonyl (C=O) groups is 2. The van der Waals surface area contributed by atoms with Crippen molar-refractivity contribution in [3.63, 3.8) is 0 Å². The van der Waals surface area contributed by atoms with Gasteiger partial charge in [-0.1, -0.05) is 11.6 Å². The predicted molar refractivity (Wildman–Crippen MR) is 64.7 cm³/mol. The minimum absolute atomic E-state index is 0.0237. The highest BCUT2D eigenvalue weighted by molar-refractivity contribution is 6.33.